The van der Waals surface area contributed by atoms with Crippen molar-refractivity contribution in [3.05, 3.63) is 46.5 Å². The lowest BCUT2D eigenvalue weighted by Gasteiger charge is -2.33. The topological polar surface area (TPSA) is 53.6 Å². The zero-order valence-electron chi connectivity index (χ0n) is 12.9. The Balaban J connectivity index is 1.79. The molecule has 0 spiro atoms. The van der Waals surface area contributed by atoms with E-state index in [0.29, 0.717) is 29.7 Å². The normalized spacial score (nSPS) is 18.4. The zero-order chi connectivity index (χ0) is 16.7. The van der Waals surface area contributed by atoms with Gasteiger partial charge in [0.2, 0.25) is 0 Å². The molecule has 1 aromatic rings. The minimum absolute atomic E-state index is 0.0268. The van der Waals surface area contributed by atoms with Crippen LogP contribution in [-0.2, 0) is 11.3 Å². The number of benzene rings is 1. The number of hydrogen-bond donors (Lipinski definition) is 2. The highest BCUT2D eigenvalue weighted by molar-refractivity contribution is 6.42. The second-order valence-corrected chi connectivity index (χ2v) is 6.17. The van der Waals surface area contributed by atoms with Crippen LogP contribution in [0, 0.1) is 0 Å². The Bertz CT molecular complexity index is 554. The average molecular weight is 358 g/mol. The van der Waals surface area contributed by atoms with E-state index >= 15 is 0 Å². The lowest BCUT2D eigenvalue weighted by molar-refractivity contribution is -0.0286. The van der Waals surface area contributed by atoms with Gasteiger partial charge in [-0.3, -0.25) is 4.90 Å². The van der Waals surface area contributed by atoms with Crippen LogP contribution in [0.3, 0.4) is 0 Å². The maximum atomic E-state index is 11.5. The van der Waals surface area contributed by atoms with E-state index in [1.165, 1.54) is 0 Å². The molecule has 1 unspecified atom stereocenters. The largest absolute Gasteiger partial charge is 0.374 e. The number of nitrogens with one attached hydrogen (secondary N) is 2. The number of nitrogens with zero attached hydrogens (tertiary/aromatic N) is 1. The van der Waals surface area contributed by atoms with Gasteiger partial charge in [0.1, 0.15) is 0 Å². The average Bonchev–Trinajstić information content (AvgIpc) is 2.55. The molecule has 0 aliphatic carbocycles. The van der Waals surface area contributed by atoms with Crippen LogP contribution < -0.4 is 10.6 Å². The number of ether oxygens (including phenoxy) is 1. The Morgan fingerprint density at radius 2 is 2.22 bits per heavy atom. The van der Waals surface area contributed by atoms with Crippen molar-refractivity contribution in [1.29, 1.82) is 0 Å². The van der Waals surface area contributed by atoms with Gasteiger partial charge in [-0.1, -0.05) is 35.3 Å². The van der Waals surface area contributed by atoms with Crippen molar-refractivity contribution in [1.82, 2.24) is 15.5 Å². The molecule has 1 fully saturated rings. The first-order chi connectivity index (χ1) is 11.1. The summed E-state index contributed by atoms with van der Waals surface area (Å²) in [5.74, 6) is 0. The lowest BCUT2D eigenvalue weighted by Crippen LogP contribution is -2.48. The molecule has 0 saturated carbocycles. The molecule has 1 heterocycles. The smallest absolute Gasteiger partial charge is 0.315 e. The molecule has 2 amide bonds. The summed E-state index contributed by atoms with van der Waals surface area (Å²) in [6, 6.07) is 5.45. The van der Waals surface area contributed by atoms with E-state index in [9.17, 15) is 4.79 Å². The fraction of sp³-hybridized carbons (Fsp3) is 0.438. The molecule has 0 bridgehead atoms. The molecule has 23 heavy (non-hydrogen) atoms. The van der Waals surface area contributed by atoms with E-state index in [-0.39, 0.29) is 12.1 Å². The van der Waals surface area contributed by atoms with E-state index in [1.807, 2.05) is 18.2 Å². The number of amides is 2. The molecule has 2 rings (SSSR count). The summed E-state index contributed by atoms with van der Waals surface area (Å²) in [7, 11) is 0. The van der Waals surface area contributed by atoms with E-state index < -0.39 is 0 Å². The molecular formula is C16H21Cl2N3O2. The molecular weight excluding hydrogens is 337 g/mol. The number of rotatable bonds is 6. The first kappa shape index (κ1) is 18.1. The third kappa shape index (κ3) is 6.03. The standard InChI is InChI=1S/C16H21Cl2N3O2/c1-2-5-19-16(22)20-9-13-11-21(6-7-23-13)10-12-3-4-14(17)15(18)8-12/h2-4,8,13H,1,5-7,9-11H2,(H2,19,20,22). The molecule has 1 saturated heterocycles. The highest BCUT2D eigenvalue weighted by Crippen LogP contribution is 2.23. The second-order valence-electron chi connectivity index (χ2n) is 5.36. The molecule has 1 aromatic carbocycles. The fourth-order valence-electron chi connectivity index (χ4n) is 2.38. The third-order valence-corrected chi connectivity index (χ3v) is 4.25. The van der Waals surface area contributed by atoms with Crippen molar-refractivity contribution in [3.63, 3.8) is 0 Å². The maximum absolute atomic E-state index is 11.5. The lowest BCUT2D eigenvalue weighted by atomic mass is 10.2. The summed E-state index contributed by atoms with van der Waals surface area (Å²) in [5.41, 5.74) is 1.11. The molecule has 1 aliphatic heterocycles. The zero-order valence-corrected chi connectivity index (χ0v) is 14.4. The van der Waals surface area contributed by atoms with Crippen LogP contribution in [0.2, 0.25) is 10.0 Å². The second kappa shape index (κ2) is 9.13. The van der Waals surface area contributed by atoms with Crippen molar-refractivity contribution in [2.24, 2.45) is 0 Å². The van der Waals surface area contributed by atoms with E-state index in [0.717, 1.165) is 25.2 Å². The van der Waals surface area contributed by atoms with Gasteiger partial charge in [-0.05, 0) is 17.7 Å². The van der Waals surface area contributed by atoms with E-state index in [1.54, 1.807) is 6.08 Å². The number of morpholine rings is 1. The predicted octanol–water partition coefficient (Wildman–Crippen LogP) is 2.68. The van der Waals surface area contributed by atoms with Crippen molar-refractivity contribution < 1.29 is 9.53 Å². The number of urea groups is 1. The molecule has 5 nitrogen and oxygen atoms in total. The van der Waals surface area contributed by atoms with Gasteiger partial charge in [-0.25, -0.2) is 4.79 Å². The van der Waals surface area contributed by atoms with Crippen molar-refractivity contribution >= 4 is 29.2 Å². The van der Waals surface area contributed by atoms with Crippen molar-refractivity contribution in [2.45, 2.75) is 12.6 Å². The summed E-state index contributed by atoms with van der Waals surface area (Å²) in [4.78, 5) is 13.8. The van der Waals surface area contributed by atoms with Gasteiger partial charge in [0.25, 0.3) is 0 Å². The van der Waals surface area contributed by atoms with Crippen LogP contribution in [0.15, 0.2) is 30.9 Å². The van der Waals surface area contributed by atoms with Gasteiger partial charge in [0.15, 0.2) is 0 Å². The molecule has 7 heteroatoms. The summed E-state index contributed by atoms with van der Waals surface area (Å²) in [6.45, 7) is 7.49. The van der Waals surface area contributed by atoms with Crippen LogP contribution in [-0.4, -0.2) is 49.8 Å². The first-order valence-corrected chi connectivity index (χ1v) is 8.24. The Kier molecular flexibility index (Phi) is 7.17. The molecule has 2 N–H and O–H groups in total. The van der Waals surface area contributed by atoms with Crippen LogP contribution in [0.4, 0.5) is 4.79 Å². The summed E-state index contributed by atoms with van der Waals surface area (Å²) >= 11 is 12.0. The van der Waals surface area contributed by atoms with Crippen LogP contribution >= 0.6 is 23.2 Å². The Morgan fingerprint density at radius 1 is 1.39 bits per heavy atom. The summed E-state index contributed by atoms with van der Waals surface area (Å²) < 4.78 is 5.69. The van der Waals surface area contributed by atoms with Crippen LogP contribution in [0.5, 0.6) is 0 Å². The van der Waals surface area contributed by atoms with E-state index in [2.05, 4.69) is 22.1 Å². The Hall–Kier alpha value is -1.27. The summed E-state index contributed by atoms with van der Waals surface area (Å²) in [6.07, 6.45) is 1.61. The monoisotopic (exact) mass is 357 g/mol. The third-order valence-electron chi connectivity index (χ3n) is 3.51. The number of hydrogen-bond acceptors (Lipinski definition) is 3. The Morgan fingerprint density at radius 3 is 2.96 bits per heavy atom. The van der Waals surface area contributed by atoms with E-state index in [4.69, 9.17) is 27.9 Å². The molecule has 1 atom stereocenters. The highest BCUT2D eigenvalue weighted by Gasteiger charge is 2.21. The Labute approximate surface area is 146 Å². The number of halogens is 2. The van der Waals surface area contributed by atoms with Gasteiger partial charge in [-0.2, -0.15) is 0 Å². The van der Waals surface area contributed by atoms with Crippen molar-refractivity contribution in [3.8, 4) is 0 Å². The highest BCUT2D eigenvalue weighted by atomic mass is 35.5. The van der Waals surface area contributed by atoms with Gasteiger partial charge in [-0.15, -0.1) is 6.58 Å². The van der Waals surface area contributed by atoms with Crippen LogP contribution in [0.1, 0.15) is 5.56 Å². The SMILES string of the molecule is C=CCNC(=O)NCC1CN(Cc2ccc(Cl)c(Cl)c2)CCO1. The fourth-order valence-corrected chi connectivity index (χ4v) is 2.70. The number of carbonyl (C=O) groups is 1. The van der Waals surface area contributed by atoms with Gasteiger partial charge < -0.3 is 15.4 Å². The predicted molar refractivity (Wildman–Crippen MR) is 93.1 cm³/mol. The molecule has 1 aliphatic rings. The van der Waals surface area contributed by atoms with Gasteiger partial charge in [0, 0.05) is 32.7 Å². The van der Waals surface area contributed by atoms with Gasteiger partial charge in [0.05, 0.1) is 22.8 Å². The quantitative estimate of drug-likeness (QED) is 0.769. The van der Waals surface area contributed by atoms with Crippen molar-refractivity contribution in [2.75, 3.05) is 32.8 Å². The maximum Gasteiger partial charge on any atom is 0.315 e. The minimum Gasteiger partial charge on any atom is -0.374 e. The van der Waals surface area contributed by atoms with Crippen LogP contribution in [0.25, 0.3) is 0 Å². The number of carbonyl (C=O) groups excluding carboxylic acids is 1. The molecule has 0 aromatic heterocycles. The first-order valence-electron chi connectivity index (χ1n) is 7.49. The molecule has 0 radical (unpaired) electrons. The molecule has 126 valence electrons. The van der Waals surface area contributed by atoms with Gasteiger partial charge >= 0.3 is 6.03 Å². The summed E-state index contributed by atoms with van der Waals surface area (Å²) in [5, 5.41) is 6.59. The minimum atomic E-state index is -0.213.